The van der Waals surface area contributed by atoms with Crippen LogP contribution in [0, 0.1) is 0 Å². The molecule has 0 spiro atoms. The zero-order valence-corrected chi connectivity index (χ0v) is 11.0. The van der Waals surface area contributed by atoms with Gasteiger partial charge in [0.25, 0.3) is 10.0 Å². The van der Waals surface area contributed by atoms with Crippen LogP contribution >= 0.6 is 0 Å². The third-order valence-corrected chi connectivity index (χ3v) is 3.55. The first-order chi connectivity index (χ1) is 9.77. The van der Waals surface area contributed by atoms with E-state index in [1.807, 2.05) is 0 Å². The molecule has 0 bridgehead atoms. The monoisotopic (exact) mass is 351 g/mol. The molecule has 1 aromatic rings. The van der Waals surface area contributed by atoms with Gasteiger partial charge in [-0.1, -0.05) is 6.07 Å². The molecule has 0 saturated carbocycles. The Kier molecular flexibility index (Phi) is 4.62. The highest BCUT2D eigenvalue weighted by molar-refractivity contribution is 7.89. The lowest BCUT2D eigenvalue weighted by molar-refractivity contribution is -0.147. The number of amides is 2. The number of halogens is 6. The van der Waals surface area contributed by atoms with Gasteiger partial charge in [0.2, 0.25) is 0 Å². The number of primary amides is 1. The summed E-state index contributed by atoms with van der Waals surface area (Å²) in [5.74, 6) is 0. The summed E-state index contributed by atoms with van der Waals surface area (Å²) in [6.07, 6.45) is -10.8. The first-order valence-electron chi connectivity index (χ1n) is 5.11. The number of nitrogens with one attached hydrogen (secondary N) is 2. The zero-order chi connectivity index (χ0) is 17.3. The molecule has 1 aromatic carbocycles. The van der Waals surface area contributed by atoms with Crippen LogP contribution in [0.2, 0.25) is 0 Å². The lowest BCUT2D eigenvalue weighted by Gasteiger charge is -2.18. The second kappa shape index (κ2) is 5.64. The van der Waals surface area contributed by atoms with Gasteiger partial charge in [0.1, 0.15) is 4.90 Å². The van der Waals surface area contributed by atoms with E-state index in [1.165, 1.54) is 5.43 Å². The van der Waals surface area contributed by atoms with Crippen molar-refractivity contribution in [3.05, 3.63) is 29.3 Å². The van der Waals surface area contributed by atoms with E-state index in [1.54, 1.807) is 0 Å². The Morgan fingerprint density at radius 2 is 1.41 bits per heavy atom. The Bertz CT molecular complexity index is 651. The van der Waals surface area contributed by atoms with E-state index in [0.717, 1.165) is 4.83 Å². The fraction of sp³-hybridized carbons (Fsp3) is 0.222. The molecule has 2 amide bonds. The largest absolute Gasteiger partial charge is 0.417 e. The van der Waals surface area contributed by atoms with Crippen LogP contribution in [-0.2, 0) is 22.4 Å². The van der Waals surface area contributed by atoms with Gasteiger partial charge in [-0.2, -0.15) is 26.3 Å². The van der Waals surface area contributed by atoms with Gasteiger partial charge in [-0.15, -0.1) is 4.83 Å². The van der Waals surface area contributed by atoms with Crippen molar-refractivity contribution in [2.24, 2.45) is 5.73 Å². The van der Waals surface area contributed by atoms with Crippen molar-refractivity contribution in [3.8, 4) is 0 Å². The van der Waals surface area contributed by atoms with E-state index in [4.69, 9.17) is 0 Å². The average Bonchev–Trinajstić information content (AvgIpc) is 2.33. The van der Waals surface area contributed by atoms with Crippen LogP contribution in [0.25, 0.3) is 0 Å². The molecule has 13 heteroatoms. The highest BCUT2D eigenvalue weighted by atomic mass is 32.2. The maximum absolute atomic E-state index is 12.8. The number of alkyl halides is 6. The Hall–Kier alpha value is -2.02. The minimum atomic E-state index is -5.38. The molecule has 0 heterocycles. The summed E-state index contributed by atoms with van der Waals surface area (Å²) < 4.78 is 100. The molecule has 6 nitrogen and oxygen atoms in total. The molecular formula is C9H7F6N3O3S. The molecule has 0 aliphatic carbocycles. The van der Waals surface area contributed by atoms with Crippen LogP contribution in [0.15, 0.2) is 23.1 Å². The highest BCUT2D eigenvalue weighted by Gasteiger charge is 2.44. The van der Waals surface area contributed by atoms with Gasteiger partial charge in [0.05, 0.1) is 11.1 Å². The van der Waals surface area contributed by atoms with Crippen LogP contribution in [0.1, 0.15) is 11.1 Å². The number of carbonyl (C=O) groups is 1. The molecule has 22 heavy (non-hydrogen) atoms. The average molecular weight is 351 g/mol. The standard InChI is InChI=1S/C9H7F6N3O3S/c10-8(11,12)4-2-1-3-5(9(13,14)15)6(4)22(20,21)18-17-7(16)19/h1-3,18H,(H3,16,17,19). The lowest BCUT2D eigenvalue weighted by Crippen LogP contribution is -2.45. The van der Waals surface area contributed by atoms with E-state index in [9.17, 15) is 39.6 Å². The number of benzene rings is 1. The van der Waals surface area contributed by atoms with Gasteiger partial charge in [0.15, 0.2) is 0 Å². The Morgan fingerprint density at radius 3 is 1.73 bits per heavy atom. The van der Waals surface area contributed by atoms with Crippen molar-refractivity contribution in [1.82, 2.24) is 10.3 Å². The minimum absolute atomic E-state index is 0.161. The number of urea groups is 1. The zero-order valence-electron chi connectivity index (χ0n) is 10.2. The van der Waals surface area contributed by atoms with Gasteiger partial charge in [-0.3, -0.25) is 5.43 Å². The lowest BCUT2D eigenvalue weighted by atomic mass is 10.1. The highest BCUT2D eigenvalue weighted by Crippen LogP contribution is 2.41. The summed E-state index contributed by atoms with van der Waals surface area (Å²) in [4.78, 5) is 9.36. The van der Waals surface area contributed by atoms with Crippen molar-refractivity contribution >= 4 is 16.1 Å². The van der Waals surface area contributed by atoms with E-state index in [-0.39, 0.29) is 12.1 Å². The number of hydrogen-bond acceptors (Lipinski definition) is 3. The van der Waals surface area contributed by atoms with E-state index in [0.29, 0.717) is 6.07 Å². The molecule has 0 aliphatic heterocycles. The predicted molar refractivity (Wildman–Crippen MR) is 59.5 cm³/mol. The third-order valence-electron chi connectivity index (χ3n) is 2.20. The van der Waals surface area contributed by atoms with Crippen molar-refractivity contribution in [1.29, 1.82) is 0 Å². The molecule has 0 aromatic heterocycles. The Balaban J connectivity index is 3.64. The van der Waals surface area contributed by atoms with Crippen molar-refractivity contribution in [3.63, 3.8) is 0 Å². The molecule has 0 aliphatic rings. The summed E-state index contributed by atoms with van der Waals surface area (Å²) in [5, 5.41) is 0. The van der Waals surface area contributed by atoms with Crippen molar-refractivity contribution < 1.29 is 39.6 Å². The summed E-state index contributed by atoms with van der Waals surface area (Å²) >= 11 is 0. The number of hydrogen-bond donors (Lipinski definition) is 3. The number of carbonyl (C=O) groups excluding carboxylic acids is 1. The second-order valence-corrected chi connectivity index (χ2v) is 5.39. The fourth-order valence-corrected chi connectivity index (χ4v) is 2.73. The molecule has 0 radical (unpaired) electrons. The molecule has 4 N–H and O–H groups in total. The van der Waals surface area contributed by atoms with Gasteiger partial charge in [-0.05, 0) is 12.1 Å². The maximum Gasteiger partial charge on any atom is 0.417 e. The predicted octanol–water partition coefficient (Wildman–Crippen LogP) is 1.59. The van der Waals surface area contributed by atoms with Gasteiger partial charge in [-0.25, -0.2) is 13.2 Å². The second-order valence-electron chi connectivity index (χ2n) is 3.77. The van der Waals surface area contributed by atoms with Crippen LogP contribution in [0.3, 0.4) is 0 Å². The smallest absolute Gasteiger partial charge is 0.351 e. The summed E-state index contributed by atoms with van der Waals surface area (Å²) in [6, 6.07) is -0.796. The third kappa shape index (κ3) is 4.00. The summed E-state index contributed by atoms with van der Waals surface area (Å²) in [5.41, 5.74) is 1.63. The quantitative estimate of drug-likeness (QED) is 0.569. The topological polar surface area (TPSA) is 101 Å². The maximum atomic E-state index is 12.8. The van der Waals surface area contributed by atoms with Crippen LogP contribution in [0.5, 0.6) is 0 Å². The number of nitrogens with two attached hydrogens (primary N) is 1. The van der Waals surface area contributed by atoms with Gasteiger partial charge in [0, 0.05) is 0 Å². The van der Waals surface area contributed by atoms with E-state index in [2.05, 4.69) is 5.73 Å². The normalized spacial score (nSPS) is 13.0. The first-order valence-corrected chi connectivity index (χ1v) is 6.60. The number of hydrazine groups is 1. The fourth-order valence-electron chi connectivity index (χ4n) is 1.44. The van der Waals surface area contributed by atoms with Crippen molar-refractivity contribution in [2.75, 3.05) is 0 Å². The molecule has 124 valence electrons. The minimum Gasteiger partial charge on any atom is -0.351 e. The molecule has 0 atom stereocenters. The Labute approximate surface area is 119 Å². The molecule has 0 unspecified atom stereocenters. The molecular weight excluding hydrogens is 344 g/mol. The summed E-state index contributed by atoms with van der Waals surface area (Å²) in [6.45, 7) is 0. The summed E-state index contributed by atoms with van der Waals surface area (Å²) in [7, 11) is -5.38. The molecule has 1 rings (SSSR count). The Morgan fingerprint density at radius 1 is 1.00 bits per heavy atom. The van der Waals surface area contributed by atoms with E-state index < -0.39 is 44.4 Å². The molecule has 0 saturated heterocycles. The first kappa shape index (κ1) is 18.0. The SMILES string of the molecule is NC(=O)NNS(=O)(=O)c1c(C(F)(F)F)cccc1C(F)(F)F. The van der Waals surface area contributed by atoms with E-state index >= 15 is 0 Å². The van der Waals surface area contributed by atoms with Gasteiger partial charge >= 0.3 is 18.4 Å². The van der Waals surface area contributed by atoms with Crippen LogP contribution in [-0.4, -0.2) is 14.4 Å². The van der Waals surface area contributed by atoms with Gasteiger partial charge < -0.3 is 5.73 Å². The van der Waals surface area contributed by atoms with Crippen LogP contribution in [0.4, 0.5) is 31.1 Å². The number of sulfonamides is 1. The number of rotatable bonds is 3. The van der Waals surface area contributed by atoms with Crippen molar-refractivity contribution in [2.45, 2.75) is 17.2 Å². The van der Waals surface area contributed by atoms with Crippen LogP contribution < -0.4 is 16.0 Å². The molecule has 0 fully saturated rings.